The summed E-state index contributed by atoms with van der Waals surface area (Å²) in [6.07, 6.45) is -0.729. The number of aromatic hydroxyl groups is 4. The van der Waals surface area contributed by atoms with Gasteiger partial charge in [0.25, 0.3) is 5.79 Å². The monoisotopic (exact) mass is 404 g/mol. The van der Waals surface area contributed by atoms with Crippen molar-refractivity contribution in [1.29, 1.82) is 0 Å². The zero-order valence-corrected chi connectivity index (χ0v) is 15.7. The van der Waals surface area contributed by atoms with Crippen LogP contribution in [-0.2, 0) is 15.3 Å². The molecule has 2 aromatic carbocycles. The fourth-order valence-corrected chi connectivity index (χ4v) is 3.51. The fraction of sp³-hybridized carbons (Fsp3) is 0.300. The van der Waals surface area contributed by atoms with Gasteiger partial charge in [-0.25, -0.2) is 0 Å². The van der Waals surface area contributed by atoms with Crippen molar-refractivity contribution in [3.63, 3.8) is 0 Å². The second-order valence-electron chi connectivity index (χ2n) is 6.76. The van der Waals surface area contributed by atoms with Gasteiger partial charge >= 0.3 is 0 Å². The van der Waals surface area contributed by atoms with E-state index in [9.17, 15) is 35.1 Å². The minimum Gasteiger partial charge on any atom is -0.508 e. The highest BCUT2D eigenvalue weighted by Crippen LogP contribution is 2.52. The van der Waals surface area contributed by atoms with Crippen molar-refractivity contribution < 1.29 is 44.6 Å². The molecule has 0 aliphatic carbocycles. The summed E-state index contributed by atoms with van der Waals surface area (Å²) in [5, 5.41) is 51.0. The molecule has 9 heteroatoms. The molecule has 0 bridgehead atoms. The number of ketones is 2. The molecule has 0 amide bonds. The maximum absolute atomic E-state index is 13.3. The van der Waals surface area contributed by atoms with Crippen molar-refractivity contribution in [1.82, 2.24) is 0 Å². The van der Waals surface area contributed by atoms with Gasteiger partial charge in [-0.3, -0.25) is 9.59 Å². The van der Waals surface area contributed by atoms with Crippen molar-refractivity contribution >= 4 is 11.6 Å². The first-order valence-corrected chi connectivity index (χ1v) is 8.73. The van der Waals surface area contributed by atoms with Crippen LogP contribution in [0.2, 0.25) is 0 Å². The van der Waals surface area contributed by atoms with E-state index in [0.717, 1.165) is 31.2 Å². The number of phenols is 4. The average molecular weight is 404 g/mol. The number of fused-ring (bicyclic) bond motifs is 1. The van der Waals surface area contributed by atoms with Gasteiger partial charge in [0.2, 0.25) is 11.4 Å². The number of carbonyl (C=O) groups is 2. The van der Waals surface area contributed by atoms with Gasteiger partial charge in [-0.1, -0.05) is 0 Å². The molecule has 0 saturated heterocycles. The van der Waals surface area contributed by atoms with E-state index >= 15 is 0 Å². The first kappa shape index (κ1) is 20.4. The number of hydrogen-bond donors (Lipinski definition) is 5. The summed E-state index contributed by atoms with van der Waals surface area (Å²) in [5.74, 6) is -6.34. The molecule has 1 aliphatic rings. The molecule has 0 unspecified atom stereocenters. The summed E-state index contributed by atoms with van der Waals surface area (Å²) < 4.78 is 11.5. The molecule has 154 valence electrons. The molecule has 0 aromatic heterocycles. The lowest BCUT2D eigenvalue weighted by Gasteiger charge is -2.48. The molecule has 1 heterocycles. The summed E-state index contributed by atoms with van der Waals surface area (Å²) >= 11 is 0. The third-order valence-corrected chi connectivity index (χ3v) is 4.67. The molecule has 2 aromatic rings. The van der Waals surface area contributed by atoms with Crippen LogP contribution in [-0.4, -0.2) is 49.3 Å². The maximum atomic E-state index is 13.3. The Balaban J connectivity index is 2.37. The number of hydrogen-bond acceptors (Lipinski definition) is 9. The molecule has 0 radical (unpaired) electrons. The van der Waals surface area contributed by atoms with Crippen molar-refractivity contribution in [2.75, 3.05) is 6.61 Å². The van der Waals surface area contributed by atoms with Gasteiger partial charge in [-0.2, -0.15) is 0 Å². The van der Waals surface area contributed by atoms with Crippen LogP contribution in [0.1, 0.15) is 36.2 Å². The van der Waals surface area contributed by atoms with E-state index in [1.54, 1.807) is 6.92 Å². The standard InChI is InChI=1S/C20H20O9/c1-3-28-20(11-4-5-13(23)14(24)6-11)19(27,9-10(2)21)18(26)17-15(25)7-12(22)8-16(17)29-20/h4-8,22-25,27H,3,9H2,1-2H3/t19-,20-/m0/s1. The topological polar surface area (TPSA) is 154 Å². The van der Waals surface area contributed by atoms with Crippen LogP contribution in [0.15, 0.2) is 30.3 Å². The summed E-state index contributed by atoms with van der Waals surface area (Å²) in [5.41, 5.74) is -3.12. The highest BCUT2D eigenvalue weighted by atomic mass is 16.7. The Hall–Kier alpha value is -3.30. The minimum absolute atomic E-state index is 0.0692. The molecule has 0 saturated carbocycles. The highest BCUT2D eigenvalue weighted by Gasteiger charge is 2.64. The molecular weight excluding hydrogens is 384 g/mol. The summed E-state index contributed by atoms with van der Waals surface area (Å²) in [7, 11) is 0. The van der Waals surface area contributed by atoms with Crippen LogP contribution in [0, 0.1) is 0 Å². The molecule has 9 nitrogen and oxygen atoms in total. The number of Topliss-reactive ketones (excluding diaryl/α,β-unsaturated/α-hetero) is 2. The van der Waals surface area contributed by atoms with Crippen molar-refractivity contribution in [3.8, 4) is 28.7 Å². The van der Waals surface area contributed by atoms with Gasteiger partial charge in [0.15, 0.2) is 11.5 Å². The molecular formula is C20H20O9. The van der Waals surface area contributed by atoms with Gasteiger partial charge in [0.1, 0.15) is 28.6 Å². The number of phenolic OH excluding ortho intramolecular Hbond substituents is 4. The Morgan fingerprint density at radius 3 is 2.34 bits per heavy atom. The normalized spacial score (nSPS) is 23.3. The number of aliphatic hydroxyl groups is 1. The lowest BCUT2D eigenvalue weighted by molar-refractivity contribution is -0.277. The lowest BCUT2D eigenvalue weighted by Crippen LogP contribution is -2.64. The van der Waals surface area contributed by atoms with Gasteiger partial charge in [0.05, 0.1) is 0 Å². The fourth-order valence-electron chi connectivity index (χ4n) is 3.51. The predicted molar refractivity (Wildman–Crippen MR) is 98.1 cm³/mol. The molecule has 2 atom stereocenters. The SMILES string of the molecule is CCO[C@@]1(c2ccc(O)c(O)c2)Oc2cc(O)cc(O)c2C(=O)[C@@]1(O)CC(C)=O. The molecule has 3 rings (SSSR count). The van der Waals surface area contributed by atoms with Crippen LogP contribution in [0.4, 0.5) is 0 Å². The van der Waals surface area contributed by atoms with Gasteiger partial charge in [-0.15, -0.1) is 0 Å². The summed E-state index contributed by atoms with van der Waals surface area (Å²) in [6, 6.07) is 5.32. The van der Waals surface area contributed by atoms with E-state index in [2.05, 4.69) is 0 Å². The molecule has 5 N–H and O–H groups in total. The average Bonchev–Trinajstić information content (AvgIpc) is 2.61. The third-order valence-electron chi connectivity index (χ3n) is 4.67. The molecule has 1 aliphatic heterocycles. The van der Waals surface area contributed by atoms with Crippen LogP contribution >= 0.6 is 0 Å². The van der Waals surface area contributed by atoms with E-state index in [1.165, 1.54) is 6.07 Å². The third kappa shape index (κ3) is 3.04. The Kier molecular flexibility index (Phi) is 4.89. The van der Waals surface area contributed by atoms with Gasteiger partial charge < -0.3 is 35.0 Å². The zero-order chi connectivity index (χ0) is 21.6. The predicted octanol–water partition coefficient (Wildman–Crippen LogP) is 1.68. The van der Waals surface area contributed by atoms with E-state index < -0.39 is 57.9 Å². The van der Waals surface area contributed by atoms with Crippen LogP contribution in [0.5, 0.6) is 28.7 Å². The Morgan fingerprint density at radius 1 is 1.07 bits per heavy atom. The van der Waals surface area contributed by atoms with Crippen molar-refractivity contribution in [2.24, 2.45) is 0 Å². The van der Waals surface area contributed by atoms with Crippen molar-refractivity contribution in [2.45, 2.75) is 31.7 Å². The van der Waals surface area contributed by atoms with Gasteiger partial charge in [-0.05, 0) is 32.0 Å². The number of ether oxygens (including phenoxy) is 2. The summed E-state index contributed by atoms with van der Waals surface area (Å²) in [6.45, 7) is 2.62. The zero-order valence-electron chi connectivity index (χ0n) is 15.7. The van der Waals surface area contributed by atoms with Crippen LogP contribution < -0.4 is 4.74 Å². The smallest absolute Gasteiger partial charge is 0.274 e. The first-order valence-electron chi connectivity index (χ1n) is 8.73. The van der Waals surface area contributed by atoms with E-state index in [1.807, 2.05) is 0 Å². The van der Waals surface area contributed by atoms with Crippen LogP contribution in [0.3, 0.4) is 0 Å². The van der Waals surface area contributed by atoms with E-state index in [-0.39, 0.29) is 17.9 Å². The number of rotatable bonds is 5. The Morgan fingerprint density at radius 2 is 1.76 bits per heavy atom. The Labute approximate surface area is 165 Å². The molecule has 29 heavy (non-hydrogen) atoms. The number of benzene rings is 2. The van der Waals surface area contributed by atoms with Gasteiger partial charge in [0, 0.05) is 30.7 Å². The highest BCUT2D eigenvalue weighted by molar-refractivity contribution is 6.10. The maximum Gasteiger partial charge on any atom is 0.274 e. The first-order chi connectivity index (χ1) is 13.6. The quantitative estimate of drug-likeness (QED) is 0.468. The molecule has 0 fully saturated rings. The van der Waals surface area contributed by atoms with E-state index in [0.29, 0.717) is 0 Å². The Bertz CT molecular complexity index is 1000. The molecule has 0 spiro atoms. The number of carbonyl (C=O) groups excluding carboxylic acids is 2. The minimum atomic E-state index is -2.63. The van der Waals surface area contributed by atoms with Crippen molar-refractivity contribution in [3.05, 3.63) is 41.5 Å². The second kappa shape index (κ2) is 6.94. The summed E-state index contributed by atoms with van der Waals surface area (Å²) in [4.78, 5) is 25.2. The lowest BCUT2D eigenvalue weighted by atomic mass is 9.75. The van der Waals surface area contributed by atoms with Crippen LogP contribution in [0.25, 0.3) is 0 Å². The second-order valence-corrected chi connectivity index (χ2v) is 6.76. The van der Waals surface area contributed by atoms with E-state index in [4.69, 9.17) is 9.47 Å². The largest absolute Gasteiger partial charge is 0.508 e.